The molecule has 2 amide bonds. The number of hydrogen-bond donors (Lipinski definition) is 2. The van der Waals surface area contributed by atoms with Gasteiger partial charge in [-0.05, 0) is 36.5 Å². The van der Waals surface area contributed by atoms with Crippen molar-refractivity contribution in [1.82, 2.24) is 4.90 Å². The molecule has 20 heavy (non-hydrogen) atoms. The number of nitrogens with zero attached hydrogens (tertiary/aromatic N) is 1. The molecule has 0 atom stereocenters. The molecule has 0 aliphatic heterocycles. The summed E-state index contributed by atoms with van der Waals surface area (Å²) < 4.78 is 5.52. The number of nitrogens with one attached hydrogen (secondary N) is 1. The SMILES string of the molecule is CN(CCOCC1CC1)C(=O)Nc1ccc(CN)cc1. The number of urea groups is 1. The van der Waals surface area contributed by atoms with Crippen molar-refractivity contribution in [2.45, 2.75) is 19.4 Å². The molecule has 3 N–H and O–H groups in total. The number of ether oxygens (including phenoxy) is 1. The van der Waals surface area contributed by atoms with Crippen molar-refractivity contribution in [3.63, 3.8) is 0 Å². The predicted octanol–water partition coefficient (Wildman–Crippen LogP) is 2.04. The Kier molecular flexibility index (Phi) is 5.38. The molecule has 1 aliphatic carbocycles. The summed E-state index contributed by atoms with van der Waals surface area (Å²) >= 11 is 0. The highest BCUT2D eigenvalue weighted by Crippen LogP contribution is 2.28. The van der Waals surface area contributed by atoms with Gasteiger partial charge in [0.1, 0.15) is 0 Å². The molecule has 2 rings (SSSR count). The van der Waals surface area contributed by atoms with E-state index >= 15 is 0 Å². The molecule has 1 aromatic carbocycles. The zero-order chi connectivity index (χ0) is 14.4. The molecular weight excluding hydrogens is 254 g/mol. The lowest BCUT2D eigenvalue weighted by Gasteiger charge is -2.18. The molecule has 0 radical (unpaired) electrons. The fourth-order valence-corrected chi connectivity index (χ4v) is 1.78. The summed E-state index contributed by atoms with van der Waals surface area (Å²) in [6.45, 7) is 2.52. The van der Waals surface area contributed by atoms with Gasteiger partial charge in [-0.15, -0.1) is 0 Å². The zero-order valence-electron chi connectivity index (χ0n) is 12.0. The van der Waals surface area contributed by atoms with E-state index in [0.29, 0.717) is 19.7 Å². The smallest absolute Gasteiger partial charge is 0.321 e. The van der Waals surface area contributed by atoms with Crippen LogP contribution in [0.25, 0.3) is 0 Å². The lowest BCUT2D eigenvalue weighted by Crippen LogP contribution is -2.34. The number of carbonyl (C=O) groups is 1. The molecule has 110 valence electrons. The van der Waals surface area contributed by atoms with Crippen molar-refractivity contribution in [3.8, 4) is 0 Å². The van der Waals surface area contributed by atoms with Crippen LogP contribution in [-0.4, -0.2) is 37.7 Å². The van der Waals surface area contributed by atoms with Gasteiger partial charge in [-0.2, -0.15) is 0 Å². The molecule has 1 fully saturated rings. The summed E-state index contributed by atoms with van der Waals surface area (Å²) in [6, 6.07) is 7.41. The maximum absolute atomic E-state index is 11.9. The third-order valence-corrected chi connectivity index (χ3v) is 3.41. The van der Waals surface area contributed by atoms with Gasteiger partial charge in [-0.25, -0.2) is 4.79 Å². The van der Waals surface area contributed by atoms with E-state index < -0.39 is 0 Å². The molecule has 0 spiro atoms. The lowest BCUT2D eigenvalue weighted by molar-refractivity contribution is 0.109. The molecule has 5 nitrogen and oxygen atoms in total. The van der Waals surface area contributed by atoms with E-state index in [2.05, 4.69) is 5.32 Å². The molecular formula is C15H23N3O2. The second-order valence-corrected chi connectivity index (χ2v) is 5.27. The molecule has 1 saturated carbocycles. The number of benzene rings is 1. The van der Waals surface area contributed by atoms with Crippen LogP contribution in [0.4, 0.5) is 10.5 Å². The number of hydrogen-bond acceptors (Lipinski definition) is 3. The quantitative estimate of drug-likeness (QED) is 0.749. The Morgan fingerprint density at radius 1 is 1.40 bits per heavy atom. The molecule has 0 heterocycles. The van der Waals surface area contributed by atoms with Crippen molar-refractivity contribution in [3.05, 3.63) is 29.8 Å². The largest absolute Gasteiger partial charge is 0.379 e. The average molecular weight is 277 g/mol. The molecule has 0 saturated heterocycles. The first-order chi connectivity index (χ1) is 9.69. The molecule has 0 unspecified atom stereocenters. The first-order valence-corrected chi connectivity index (χ1v) is 7.08. The minimum atomic E-state index is -0.125. The van der Waals surface area contributed by atoms with Gasteiger partial charge in [0.2, 0.25) is 0 Å². The summed E-state index contributed by atoms with van der Waals surface area (Å²) in [4.78, 5) is 13.6. The number of carbonyl (C=O) groups excluding carboxylic acids is 1. The van der Waals surface area contributed by atoms with Crippen LogP contribution < -0.4 is 11.1 Å². The highest BCUT2D eigenvalue weighted by Gasteiger charge is 2.21. The maximum Gasteiger partial charge on any atom is 0.321 e. The Balaban J connectivity index is 1.68. The van der Waals surface area contributed by atoms with E-state index in [1.807, 2.05) is 24.3 Å². The van der Waals surface area contributed by atoms with Gasteiger partial charge in [0.15, 0.2) is 0 Å². The second-order valence-electron chi connectivity index (χ2n) is 5.27. The summed E-state index contributed by atoms with van der Waals surface area (Å²) in [5.74, 6) is 0.759. The van der Waals surface area contributed by atoms with E-state index in [1.165, 1.54) is 12.8 Å². The summed E-state index contributed by atoms with van der Waals surface area (Å²) in [7, 11) is 1.77. The Morgan fingerprint density at radius 3 is 2.70 bits per heavy atom. The number of rotatable bonds is 7. The number of likely N-dealkylation sites (N-methyl/N-ethyl adjacent to an activating group) is 1. The number of amides is 2. The minimum absolute atomic E-state index is 0.125. The Morgan fingerprint density at radius 2 is 2.10 bits per heavy atom. The van der Waals surface area contributed by atoms with E-state index in [0.717, 1.165) is 23.8 Å². The van der Waals surface area contributed by atoms with Crippen molar-refractivity contribution >= 4 is 11.7 Å². The van der Waals surface area contributed by atoms with Crippen LogP contribution in [-0.2, 0) is 11.3 Å². The highest BCUT2D eigenvalue weighted by molar-refractivity contribution is 5.89. The van der Waals surface area contributed by atoms with Gasteiger partial charge in [0.05, 0.1) is 6.61 Å². The average Bonchev–Trinajstić information content (AvgIpc) is 3.28. The topological polar surface area (TPSA) is 67.6 Å². The standard InChI is InChI=1S/C15H23N3O2/c1-18(8-9-20-11-13-2-3-13)15(19)17-14-6-4-12(10-16)5-7-14/h4-7,13H,2-3,8-11,16H2,1H3,(H,17,19). The summed E-state index contributed by atoms with van der Waals surface area (Å²) in [5.41, 5.74) is 7.36. The van der Waals surface area contributed by atoms with Gasteiger partial charge in [0.25, 0.3) is 0 Å². The predicted molar refractivity (Wildman–Crippen MR) is 79.5 cm³/mol. The van der Waals surface area contributed by atoms with Crippen molar-refractivity contribution in [1.29, 1.82) is 0 Å². The van der Waals surface area contributed by atoms with Crippen LogP contribution in [0.1, 0.15) is 18.4 Å². The maximum atomic E-state index is 11.9. The Hall–Kier alpha value is -1.59. The van der Waals surface area contributed by atoms with Gasteiger partial charge in [0, 0.05) is 32.4 Å². The fraction of sp³-hybridized carbons (Fsp3) is 0.533. The fourth-order valence-electron chi connectivity index (χ4n) is 1.78. The van der Waals surface area contributed by atoms with Crippen LogP contribution in [0.15, 0.2) is 24.3 Å². The minimum Gasteiger partial charge on any atom is -0.379 e. The van der Waals surface area contributed by atoms with Crippen LogP contribution in [0.5, 0.6) is 0 Å². The van der Waals surface area contributed by atoms with Gasteiger partial charge >= 0.3 is 6.03 Å². The van der Waals surface area contributed by atoms with Crippen molar-refractivity contribution < 1.29 is 9.53 Å². The third kappa shape index (κ3) is 4.83. The van der Waals surface area contributed by atoms with Crippen LogP contribution in [0.2, 0.25) is 0 Å². The van der Waals surface area contributed by atoms with Gasteiger partial charge in [-0.3, -0.25) is 0 Å². The van der Waals surface area contributed by atoms with Crippen LogP contribution in [0.3, 0.4) is 0 Å². The van der Waals surface area contributed by atoms with Crippen LogP contribution >= 0.6 is 0 Å². The van der Waals surface area contributed by atoms with Gasteiger partial charge in [-0.1, -0.05) is 12.1 Å². The molecule has 1 aliphatic rings. The van der Waals surface area contributed by atoms with E-state index in [-0.39, 0.29) is 6.03 Å². The first-order valence-electron chi connectivity index (χ1n) is 7.08. The monoisotopic (exact) mass is 277 g/mol. The van der Waals surface area contributed by atoms with Gasteiger partial charge < -0.3 is 20.7 Å². The second kappa shape index (κ2) is 7.26. The highest BCUT2D eigenvalue weighted by atomic mass is 16.5. The zero-order valence-corrected chi connectivity index (χ0v) is 12.0. The normalized spacial score (nSPS) is 14.1. The Labute approximate surface area is 120 Å². The number of anilines is 1. The van der Waals surface area contributed by atoms with E-state index in [1.54, 1.807) is 11.9 Å². The summed E-state index contributed by atoms with van der Waals surface area (Å²) in [5, 5.41) is 2.85. The van der Waals surface area contributed by atoms with E-state index in [4.69, 9.17) is 10.5 Å². The Bertz CT molecular complexity index is 429. The summed E-state index contributed by atoms with van der Waals surface area (Å²) in [6.07, 6.45) is 2.57. The molecule has 0 bridgehead atoms. The van der Waals surface area contributed by atoms with Crippen LogP contribution in [0, 0.1) is 5.92 Å². The number of nitrogens with two attached hydrogens (primary N) is 1. The lowest BCUT2D eigenvalue weighted by atomic mass is 10.2. The molecule has 5 heteroatoms. The third-order valence-electron chi connectivity index (χ3n) is 3.41. The van der Waals surface area contributed by atoms with E-state index in [9.17, 15) is 4.79 Å². The first kappa shape index (κ1) is 14.8. The van der Waals surface area contributed by atoms with Crippen molar-refractivity contribution in [2.24, 2.45) is 11.7 Å². The molecule has 1 aromatic rings. The molecule has 0 aromatic heterocycles. The van der Waals surface area contributed by atoms with Crippen molar-refractivity contribution in [2.75, 3.05) is 32.1 Å².